The predicted octanol–water partition coefficient (Wildman–Crippen LogP) is 3.65. The van der Waals surface area contributed by atoms with Crippen LogP contribution in [0.15, 0.2) is 25.3 Å². The van der Waals surface area contributed by atoms with Crippen LogP contribution in [0, 0.1) is 0 Å². The van der Waals surface area contributed by atoms with Crippen LogP contribution in [0.5, 0.6) is 0 Å². The minimum atomic E-state index is -0.440. The molecule has 0 N–H and O–H groups in total. The van der Waals surface area contributed by atoms with Crippen molar-refractivity contribution in [2.45, 2.75) is 34.2 Å². The van der Waals surface area contributed by atoms with E-state index in [4.69, 9.17) is 0 Å². The zero-order valence-electron chi connectivity index (χ0n) is 8.80. The van der Waals surface area contributed by atoms with Gasteiger partial charge in [0.25, 0.3) is 0 Å². The van der Waals surface area contributed by atoms with Gasteiger partial charge in [-0.15, -0.1) is 34.7 Å². The fraction of sp³-hybridized carbons (Fsp3) is 0.600. The van der Waals surface area contributed by atoms with Gasteiger partial charge in [0.15, 0.2) is 0 Å². The van der Waals surface area contributed by atoms with Crippen LogP contribution in [0.1, 0.15) is 13.3 Å². The van der Waals surface area contributed by atoms with Gasteiger partial charge in [-0.1, -0.05) is 25.5 Å². The first-order chi connectivity index (χ1) is 5.85. The Hall–Kier alpha value is 0.943. The maximum atomic E-state index is 3.83. The smallest absolute Gasteiger partial charge is 0.151 e. The van der Waals surface area contributed by atoms with E-state index >= 15 is 0 Å². The minimum Gasteiger partial charge on any atom is -0.151 e. The molecule has 0 aromatic carbocycles. The molecule has 0 aliphatic rings. The molecule has 0 aliphatic carbocycles. The van der Waals surface area contributed by atoms with E-state index < -0.39 is 8.80 Å². The topological polar surface area (TPSA) is 0 Å². The average Bonchev–Trinajstić information content (AvgIpc) is 2.06. The van der Waals surface area contributed by atoms with Crippen LogP contribution in [0.4, 0.5) is 0 Å². The molecule has 0 aromatic heterocycles. The number of halogens is 1. The van der Waals surface area contributed by atoms with Gasteiger partial charge in [-0.25, -0.2) is 0 Å². The lowest BCUT2D eigenvalue weighted by Gasteiger charge is -2.09. The van der Waals surface area contributed by atoms with Crippen LogP contribution >= 0.6 is 17.0 Å². The normalized spacial score (nSPS) is 8.77. The monoisotopic (exact) mass is 272 g/mol. The maximum absolute atomic E-state index is 3.83. The molecule has 0 bridgehead atoms. The summed E-state index contributed by atoms with van der Waals surface area (Å²) in [6.45, 7) is 9.95. The molecule has 3 heteroatoms. The maximum Gasteiger partial charge on any atom is 0.360 e. The lowest BCUT2D eigenvalue weighted by molar-refractivity contribution is 1.07. The van der Waals surface area contributed by atoms with Crippen molar-refractivity contribution in [3.63, 3.8) is 0 Å². The molecule has 0 amide bonds. The molecule has 0 saturated carbocycles. The largest absolute Gasteiger partial charge is 0.360 e. The summed E-state index contributed by atoms with van der Waals surface area (Å²) in [4.78, 5) is 0. The van der Waals surface area contributed by atoms with Gasteiger partial charge in [0.05, 0.1) is 0 Å². The fourth-order valence-electron chi connectivity index (χ4n) is 1.49. The van der Waals surface area contributed by atoms with Crippen molar-refractivity contribution < 1.29 is 0 Å². The van der Waals surface area contributed by atoms with Crippen LogP contribution in [0.2, 0.25) is 20.8 Å². The number of hydrogen-bond acceptors (Lipinski definition) is 0. The van der Waals surface area contributed by atoms with E-state index in [0.717, 1.165) is 0 Å². The first-order valence-electron chi connectivity index (χ1n) is 5.06. The van der Waals surface area contributed by atoms with Crippen molar-refractivity contribution in [3.8, 4) is 0 Å². The van der Waals surface area contributed by atoms with E-state index in [9.17, 15) is 0 Å². The summed E-state index contributed by atoms with van der Waals surface area (Å²) in [6.07, 6.45) is 5.62. The van der Waals surface area contributed by atoms with Crippen LogP contribution in [-0.4, -0.2) is 29.2 Å². The predicted molar refractivity (Wildman–Crippen MR) is 73.1 cm³/mol. The van der Waals surface area contributed by atoms with Crippen molar-refractivity contribution in [2.24, 2.45) is 0 Å². The van der Waals surface area contributed by atoms with Crippen molar-refractivity contribution in [2.75, 3.05) is 0 Å². The molecular formula is C10H21BrMgSi. The summed E-state index contributed by atoms with van der Waals surface area (Å²) in [6, 6.07) is 2.64. The van der Waals surface area contributed by atoms with Crippen LogP contribution < -0.4 is 0 Å². The molecule has 0 rings (SSSR count). The number of allylic oxidation sites excluding steroid dienone is 2. The standard InChI is InChI=1S/C7H13Si.C3H7.BrH.Mg/c1-4-6-8(3)7-5-2;1-3-2;;/h4-5,8H,1-3,6-7H2;1,3H2,2H3;1H;. The van der Waals surface area contributed by atoms with Gasteiger partial charge in [-0.05, 0) is 12.1 Å². The third-order valence-corrected chi connectivity index (χ3v) is 10.3. The third kappa shape index (κ3) is 10.9. The summed E-state index contributed by atoms with van der Waals surface area (Å²) >= 11 is 0.289. The summed E-state index contributed by atoms with van der Waals surface area (Å²) in [5, 5.41) is 0. The molecular weight excluding hydrogens is 252 g/mol. The minimum absolute atomic E-state index is 0. The van der Waals surface area contributed by atoms with Crippen molar-refractivity contribution in [3.05, 3.63) is 25.3 Å². The van der Waals surface area contributed by atoms with E-state index in [-0.39, 0.29) is 37.3 Å². The van der Waals surface area contributed by atoms with E-state index in [1.165, 1.54) is 23.1 Å². The molecule has 0 fully saturated rings. The van der Waals surface area contributed by atoms with E-state index in [1.807, 2.05) is 0 Å². The zero-order valence-corrected chi connectivity index (χ0v) is 13.1. The highest BCUT2D eigenvalue weighted by atomic mass is 79.9. The van der Waals surface area contributed by atoms with Crippen molar-refractivity contribution >= 4 is 46.1 Å². The molecule has 74 valence electrons. The molecule has 0 nitrogen and oxygen atoms in total. The first kappa shape index (κ1) is 16.4. The first-order valence-corrected chi connectivity index (χ1v) is 9.51. The molecule has 0 aromatic rings. The Morgan fingerprint density at radius 3 is 2.15 bits per heavy atom. The van der Waals surface area contributed by atoms with E-state index in [0.29, 0.717) is 0 Å². The second kappa shape index (κ2) is 12.9. The van der Waals surface area contributed by atoms with Crippen molar-refractivity contribution in [1.82, 2.24) is 0 Å². The number of rotatable bonds is 8. The average molecular weight is 274 g/mol. The molecule has 13 heavy (non-hydrogen) atoms. The van der Waals surface area contributed by atoms with Crippen LogP contribution in [-0.2, 0) is 0 Å². The van der Waals surface area contributed by atoms with Gasteiger partial charge in [-0.3, -0.25) is 0 Å². The molecule has 0 atom stereocenters. The summed E-state index contributed by atoms with van der Waals surface area (Å²) in [5.74, 6) is 0. The molecule has 0 saturated heterocycles. The molecule has 0 heterocycles. The molecule has 0 unspecified atom stereocenters. The molecule has 0 radical (unpaired) electrons. The quantitative estimate of drug-likeness (QED) is 0.360. The Bertz CT molecular complexity index is 118. The Kier molecular flexibility index (Phi) is 16.3. The highest BCUT2D eigenvalue weighted by molar-refractivity contribution is 8.93. The van der Waals surface area contributed by atoms with Gasteiger partial charge < -0.3 is 0 Å². The lowest BCUT2D eigenvalue weighted by atomic mass is 10.6. The Labute approximate surface area is 105 Å². The van der Waals surface area contributed by atoms with E-state index in [2.05, 4.69) is 32.2 Å². The second-order valence-electron chi connectivity index (χ2n) is 3.41. The van der Waals surface area contributed by atoms with Gasteiger partial charge in [-0.2, -0.15) is 4.17 Å². The van der Waals surface area contributed by atoms with Gasteiger partial charge in [0.1, 0.15) is 0 Å². The van der Waals surface area contributed by atoms with Gasteiger partial charge in [0, 0.05) is 8.80 Å². The Balaban J connectivity index is 0. The van der Waals surface area contributed by atoms with Crippen molar-refractivity contribution in [1.29, 1.82) is 0 Å². The fourth-order valence-corrected chi connectivity index (χ4v) is 8.47. The molecule has 0 aliphatic heterocycles. The zero-order chi connectivity index (χ0) is 9.23. The van der Waals surface area contributed by atoms with Gasteiger partial charge in [0.2, 0.25) is 0 Å². The summed E-state index contributed by atoms with van der Waals surface area (Å²) < 4.78 is 3.16. The molecule has 0 spiro atoms. The highest BCUT2D eigenvalue weighted by Crippen LogP contribution is 2.07. The van der Waals surface area contributed by atoms with Crippen LogP contribution in [0.3, 0.4) is 0 Å². The summed E-state index contributed by atoms with van der Waals surface area (Å²) in [7, 11) is -0.440. The van der Waals surface area contributed by atoms with Gasteiger partial charge >= 0.3 is 20.4 Å². The SMILES string of the molecule is Br.C=CC[SiH](CC=C)[CH2][Mg][CH2]CC. The van der Waals surface area contributed by atoms with E-state index in [1.54, 1.807) is 4.17 Å². The highest BCUT2D eigenvalue weighted by Gasteiger charge is 2.07. The third-order valence-electron chi connectivity index (χ3n) is 2.22. The Morgan fingerprint density at radius 2 is 1.77 bits per heavy atom. The summed E-state index contributed by atoms with van der Waals surface area (Å²) in [5.41, 5.74) is 0. The second-order valence-corrected chi connectivity index (χ2v) is 9.81. The lowest BCUT2D eigenvalue weighted by Crippen LogP contribution is -2.12. The number of hydrogen-bond donors (Lipinski definition) is 0. The van der Waals surface area contributed by atoms with Crippen LogP contribution in [0.25, 0.3) is 0 Å². The Morgan fingerprint density at radius 1 is 1.23 bits per heavy atom.